The van der Waals surface area contributed by atoms with Crippen LogP contribution in [0.5, 0.6) is 0 Å². The average Bonchev–Trinajstić information content (AvgIpc) is 2.19. The predicted octanol–water partition coefficient (Wildman–Crippen LogP) is 4.22. The molecule has 0 saturated carbocycles. The van der Waals surface area contributed by atoms with E-state index in [2.05, 4.69) is 60.2 Å². The molecule has 0 aliphatic carbocycles. The fourth-order valence-corrected chi connectivity index (χ4v) is 1.57. The van der Waals surface area contributed by atoms with Crippen molar-refractivity contribution in [2.75, 3.05) is 11.9 Å². The standard InChI is InChI=1S/C12H18BrN/c1-4-9(2)8-14-12-7-11(13)6-5-10(12)3/h5-7,9,14H,4,8H2,1-3H3. The summed E-state index contributed by atoms with van der Waals surface area (Å²) in [5.74, 6) is 0.730. The highest BCUT2D eigenvalue weighted by Crippen LogP contribution is 2.20. The lowest BCUT2D eigenvalue weighted by molar-refractivity contribution is 0.593. The summed E-state index contributed by atoms with van der Waals surface area (Å²) in [5.41, 5.74) is 2.54. The monoisotopic (exact) mass is 255 g/mol. The highest BCUT2D eigenvalue weighted by atomic mass is 79.9. The first-order valence-corrected chi connectivity index (χ1v) is 5.92. The maximum atomic E-state index is 3.48. The van der Waals surface area contributed by atoms with Crippen molar-refractivity contribution in [2.24, 2.45) is 5.92 Å². The summed E-state index contributed by atoms with van der Waals surface area (Å²) in [6, 6.07) is 6.34. The summed E-state index contributed by atoms with van der Waals surface area (Å²) >= 11 is 3.48. The SMILES string of the molecule is CCC(C)CNc1cc(Br)ccc1C. The summed E-state index contributed by atoms with van der Waals surface area (Å²) in [7, 11) is 0. The van der Waals surface area contributed by atoms with Gasteiger partial charge in [-0.2, -0.15) is 0 Å². The van der Waals surface area contributed by atoms with Gasteiger partial charge < -0.3 is 5.32 Å². The Labute approximate surface area is 95.0 Å². The molecule has 0 heterocycles. The molecule has 14 heavy (non-hydrogen) atoms. The van der Waals surface area contributed by atoms with Crippen LogP contribution < -0.4 is 5.32 Å². The highest BCUT2D eigenvalue weighted by molar-refractivity contribution is 9.10. The quantitative estimate of drug-likeness (QED) is 0.850. The zero-order valence-electron chi connectivity index (χ0n) is 9.10. The first-order valence-electron chi connectivity index (χ1n) is 5.13. The Morgan fingerprint density at radius 1 is 1.43 bits per heavy atom. The van der Waals surface area contributed by atoms with Crippen molar-refractivity contribution < 1.29 is 0 Å². The molecule has 1 unspecified atom stereocenters. The molecule has 0 aliphatic heterocycles. The number of nitrogens with one attached hydrogen (secondary N) is 1. The van der Waals surface area contributed by atoms with Crippen LogP contribution in [-0.4, -0.2) is 6.54 Å². The van der Waals surface area contributed by atoms with Gasteiger partial charge in [-0.1, -0.05) is 42.3 Å². The minimum Gasteiger partial charge on any atom is -0.385 e. The van der Waals surface area contributed by atoms with E-state index in [9.17, 15) is 0 Å². The lowest BCUT2D eigenvalue weighted by Gasteiger charge is -2.13. The Balaban J connectivity index is 2.62. The largest absolute Gasteiger partial charge is 0.385 e. The summed E-state index contributed by atoms with van der Waals surface area (Å²) in [4.78, 5) is 0. The molecular weight excluding hydrogens is 238 g/mol. The molecule has 0 radical (unpaired) electrons. The normalized spacial score (nSPS) is 12.6. The molecule has 78 valence electrons. The Kier molecular flexibility index (Phi) is 4.46. The lowest BCUT2D eigenvalue weighted by atomic mass is 10.1. The van der Waals surface area contributed by atoms with Gasteiger partial charge in [0.25, 0.3) is 0 Å². The molecule has 1 N–H and O–H groups in total. The molecule has 2 heteroatoms. The van der Waals surface area contributed by atoms with Gasteiger partial charge in [0.1, 0.15) is 0 Å². The summed E-state index contributed by atoms with van der Waals surface area (Å²) in [6.45, 7) is 7.67. The summed E-state index contributed by atoms with van der Waals surface area (Å²) in [5, 5.41) is 3.47. The molecule has 1 aromatic carbocycles. The van der Waals surface area contributed by atoms with Crippen LogP contribution in [0.2, 0.25) is 0 Å². The lowest BCUT2D eigenvalue weighted by Crippen LogP contribution is -2.10. The van der Waals surface area contributed by atoms with Crippen molar-refractivity contribution >= 4 is 21.6 Å². The molecule has 1 nitrogen and oxygen atoms in total. The molecule has 0 aromatic heterocycles. The maximum Gasteiger partial charge on any atom is 0.0381 e. The van der Waals surface area contributed by atoms with E-state index in [-0.39, 0.29) is 0 Å². The van der Waals surface area contributed by atoms with Gasteiger partial charge in [0, 0.05) is 16.7 Å². The second kappa shape index (κ2) is 5.40. The Bertz CT molecular complexity index is 296. The van der Waals surface area contributed by atoms with E-state index in [4.69, 9.17) is 0 Å². The van der Waals surface area contributed by atoms with Gasteiger partial charge in [-0.15, -0.1) is 0 Å². The van der Waals surface area contributed by atoms with E-state index in [0.29, 0.717) is 0 Å². The van der Waals surface area contributed by atoms with Crippen LogP contribution in [0.15, 0.2) is 22.7 Å². The van der Waals surface area contributed by atoms with Gasteiger partial charge in [0.15, 0.2) is 0 Å². The van der Waals surface area contributed by atoms with E-state index in [1.54, 1.807) is 0 Å². The topological polar surface area (TPSA) is 12.0 Å². The zero-order chi connectivity index (χ0) is 10.6. The van der Waals surface area contributed by atoms with E-state index in [0.717, 1.165) is 16.9 Å². The number of aryl methyl sites for hydroxylation is 1. The van der Waals surface area contributed by atoms with Gasteiger partial charge in [0.05, 0.1) is 0 Å². The molecule has 0 amide bonds. The van der Waals surface area contributed by atoms with E-state index >= 15 is 0 Å². The Hall–Kier alpha value is -0.500. The molecule has 1 atom stereocenters. The fraction of sp³-hybridized carbons (Fsp3) is 0.500. The van der Waals surface area contributed by atoms with Crippen LogP contribution in [0.1, 0.15) is 25.8 Å². The molecule has 1 aromatic rings. The van der Waals surface area contributed by atoms with Gasteiger partial charge in [-0.05, 0) is 30.5 Å². The van der Waals surface area contributed by atoms with Gasteiger partial charge >= 0.3 is 0 Å². The Morgan fingerprint density at radius 2 is 2.14 bits per heavy atom. The second-order valence-electron chi connectivity index (χ2n) is 3.85. The molecule has 0 saturated heterocycles. The Morgan fingerprint density at radius 3 is 2.79 bits per heavy atom. The maximum absolute atomic E-state index is 3.48. The third-order valence-corrected chi connectivity index (χ3v) is 3.03. The van der Waals surface area contributed by atoms with Crippen LogP contribution >= 0.6 is 15.9 Å². The highest BCUT2D eigenvalue weighted by Gasteiger charge is 2.01. The third-order valence-electron chi connectivity index (χ3n) is 2.54. The fourth-order valence-electron chi connectivity index (χ4n) is 1.21. The van der Waals surface area contributed by atoms with Crippen LogP contribution in [0, 0.1) is 12.8 Å². The van der Waals surface area contributed by atoms with Crippen molar-refractivity contribution in [3.05, 3.63) is 28.2 Å². The number of benzene rings is 1. The summed E-state index contributed by atoms with van der Waals surface area (Å²) in [6.07, 6.45) is 1.22. The van der Waals surface area contributed by atoms with Crippen LogP contribution in [0.4, 0.5) is 5.69 Å². The average molecular weight is 256 g/mol. The minimum atomic E-state index is 0.730. The van der Waals surface area contributed by atoms with Crippen LogP contribution in [0.3, 0.4) is 0 Å². The van der Waals surface area contributed by atoms with Gasteiger partial charge in [-0.3, -0.25) is 0 Å². The number of hydrogen-bond acceptors (Lipinski definition) is 1. The summed E-state index contributed by atoms with van der Waals surface area (Å²) < 4.78 is 1.13. The molecule has 0 spiro atoms. The van der Waals surface area contributed by atoms with Crippen molar-refractivity contribution in [1.29, 1.82) is 0 Å². The first kappa shape index (κ1) is 11.6. The molecule has 0 fully saturated rings. The van der Waals surface area contributed by atoms with E-state index in [1.807, 2.05) is 0 Å². The van der Waals surface area contributed by atoms with E-state index < -0.39 is 0 Å². The van der Waals surface area contributed by atoms with E-state index in [1.165, 1.54) is 17.7 Å². The van der Waals surface area contributed by atoms with Crippen molar-refractivity contribution in [1.82, 2.24) is 0 Å². The second-order valence-corrected chi connectivity index (χ2v) is 4.77. The molecule has 0 bridgehead atoms. The van der Waals surface area contributed by atoms with Gasteiger partial charge in [0.2, 0.25) is 0 Å². The third kappa shape index (κ3) is 3.33. The van der Waals surface area contributed by atoms with Crippen LogP contribution in [-0.2, 0) is 0 Å². The zero-order valence-corrected chi connectivity index (χ0v) is 10.7. The van der Waals surface area contributed by atoms with Crippen molar-refractivity contribution in [3.8, 4) is 0 Å². The number of halogens is 1. The van der Waals surface area contributed by atoms with Crippen LogP contribution in [0.25, 0.3) is 0 Å². The van der Waals surface area contributed by atoms with Gasteiger partial charge in [-0.25, -0.2) is 0 Å². The predicted molar refractivity (Wildman–Crippen MR) is 66.8 cm³/mol. The number of hydrogen-bond donors (Lipinski definition) is 1. The van der Waals surface area contributed by atoms with Crippen molar-refractivity contribution in [2.45, 2.75) is 27.2 Å². The smallest absolute Gasteiger partial charge is 0.0381 e. The minimum absolute atomic E-state index is 0.730. The number of rotatable bonds is 4. The molecule has 0 aliphatic rings. The molecule has 1 rings (SSSR count). The van der Waals surface area contributed by atoms with Crippen molar-refractivity contribution in [3.63, 3.8) is 0 Å². The number of anilines is 1. The first-order chi connectivity index (χ1) is 6.63. The molecular formula is C12H18BrN.